The number of carbonyl (C=O) groups excluding carboxylic acids is 3. The Balaban J connectivity index is 1.36. The van der Waals surface area contributed by atoms with Crippen molar-refractivity contribution in [1.29, 1.82) is 0 Å². The third-order valence-electron chi connectivity index (χ3n) is 6.09. The lowest BCUT2D eigenvalue weighted by atomic mass is 10.1. The normalized spacial score (nSPS) is 14.4. The van der Waals surface area contributed by atoms with E-state index in [4.69, 9.17) is 0 Å². The van der Waals surface area contributed by atoms with E-state index in [0.29, 0.717) is 34.8 Å². The van der Waals surface area contributed by atoms with Crippen molar-refractivity contribution < 1.29 is 32.5 Å². The SMILES string of the molecule is O=C(CN1C(=O)S/C(=C\c2cn(Cc3ccc([N+](=O)[O-])cc3)c3ccccc23)C1=O)Nc1ccc(F)c(F)c1F. The molecule has 202 valence electrons. The molecule has 40 heavy (non-hydrogen) atoms. The van der Waals surface area contributed by atoms with Gasteiger partial charge in [0, 0.05) is 41.3 Å². The lowest BCUT2D eigenvalue weighted by molar-refractivity contribution is -0.384. The molecule has 0 bridgehead atoms. The third-order valence-corrected chi connectivity index (χ3v) is 7.00. The summed E-state index contributed by atoms with van der Waals surface area (Å²) in [5.74, 6) is -6.52. The standard InChI is InChI=1S/C27H17F3N4O5S/c28-19-9-10-20(25(30)24(19)29)31-23(35)14-33-26(36)22(40-27(33)37)11-16-13-32(21-4-2-1-3-18(16)21)12-15-5-7-17(8-6-15)34(38)39/h1-11,13H,12,14H2,(H,31,35)/b22-11-. The summed E-state index contributed by atoms with van der Waals surface area (Å²) >= 11 is 0.620. The van der Waals surface area contributed by atoms with Crippen LogP contribution in [0.25, 0.3) is 17.0 Å². The molecule has 5 rings (SSSR count). The topological polar surface area (TPSA) is 115 Å². The highest BCUT2D eigenvalue weighted by Crippen LogP contribution is 2.34. The van der Waals surface area contributed by atoms with Gasteiger partial charge in [-0.1, -0.05) is 30.3 Å². The molecule has 0 radical (unpaired) electrons. The van der Waals surface area contributed by atoms with Gasteiger partial charge in [0.25, 0.3) is 16.8 Å². The summed E-state index contributed by atoms with van der Waals surface area (Å²) in [7, 11) is 0. The summed E-state index contributed by atoms with van der Waals surface area (Å²) in [5, 5.41) is 13.0. The van der Waals surface area contributed by atoms with Crippen molar-refractivity contribution in [3.8, 4) is 0 Å². The predicted octanol–water partition coefficient (Wildman–Crippen LogP) is 5.69. The lowest BCUT2D eigenvalue weighted by Crippen LogP contribution is -2.36. The van der Waals surface area contributed by atoms with Crippen molar-refractivity contribution in [3.05, 3.63) is 110 Å². The number of hydrogen-bond donors (Lipinski definition) is 1. The molecule has 0 unspecified atom stereocenters. The number of amides is 3. The molecule has 1 aliphatic rings. The number of nitrogens with zero attached hydrogens (tertiary/aromatic N) is 3. The number of para-hydroxylation sites is 1. The number of benzene rings is 3. The van der Waals surface area contributed by atoms with Crippen LogP contribution in [0.5, 0.6) is 0 Å². The van der Waals surface area contributed by atoms with Crippen molar-refractivity contribution in [2.45, 2.75) is 6.54 Å². The zero-order valence-electron chi connectivity index (χ0n) is 20.3. The molecule has 3 amide bonds. The molecule has 1 saturated heterocycles. The molecule has 13 heteroatoms. The van der Waals surface area contributed by atoms with Gasteiger partial charge < -0.3 is 9.88 Å². The summed E-state index contributed by atoms with van der Waals surface area (Å²) in [6, 6.07) is 14.9. The Morgan fingerprint density at radius 2 is 1.73 bits per heavy atom. The molecule has 0 saturated carbocycles. The van der Waals surface area contributed by atoms with Crippen molar-refractivity contribution in [2.75, 3.05) is 11.9 Å². The maximum absolute atomic E-state index is 13.9. The van der Waals surface area contributed by atoms with Gasteiger partial charge in [0.2, 0.25) is 5.91 Å². The number of nitro benzene ring substituents is 1. The molecule has 0 aliphatic carbocycles. The van der Waals surface area contributed by atoms with Crippen LogP contribution in [-0.4, -0.2) is 38.0 Å². The number of imide groups is 1. The van der Waals surface area contributed by atoms with E-state index in [1.807, 2.05) is 34.1 Å². The van der Waals surface area contributed by atoms with E-state index in [2.05, 4.69) is 0 Å². The van der Waals surface area contributed by atoms with E-state index in [0.717, 1.165) is 22.5 Å². The van der Waals surface area contributed by atoms with Gasteiger partial charge in [-0.05, 0) is 41.6 Å². The number of nitrogens with one attached hydrogen (secondary N) is 1. The first-order valence-electron chi connectivity index (χ1n) is 11.6. The minimum atomic E-state index is -1.76. The average molecular weight is 567 g/mol. The Hall–Kier alpha value is -4.91. The second kappa shape index (κ2) is 10.7. The number of fused-ring (bicyclic) bond motifs is 1. The van der Waals surface area contributed by atoms with Crippen molar-refractivity contribution in [2.24, 2.45) is 0 Å². The summed E-state index contributed by atoms with van der Waals surface area (Å²) in [4.78, 5) is 49.1. The molecule has 0 atom stereocenters. The van der Waals surface area contributed by atoms with Crippen molar-refractivity contribution >= 4 is 57.2 Å². The summed E-state index contributed by atoms with van der Waals surface area (Å²) < 4.78 is 42.4. The highest BCUT2D eigenvalue weighted by molar-refractivity contribution is 8.18. The molecule has 2 heterocycles. The smallest absolute Gasteiger partial charge is 0.294 e. The maximum Gasteiger partial charge on any atom is 0.294 e. The van der Waals surface area contributed by atoms with Gasteiger partial charge in [-0.25, -0.2) is 13.2 Å². The largest absolute Gasteiger partial charge is 0.342 e. The predicted molar refractivity (Wildman–Crippen MR) is 142 cm³/mol. The van der Waals surface area contributed by atoms with E-state index in [-0.39, 0.29) is 10.6 Å². The van der Waals surface area contributed by atoms with Crippen LogP contribution in [-0.2, 0) is 16.1 Å². The van der Waals surface area contributed by atoms with Gasteiger partial charge in [0.15, 0.2) is 17.5 Å². The molecule has 1 fully saturated rings. The number of rotatable bonds is 7. The molecule has 3 aromatic carbocycles. The van der Waals surface area contributed by atoms with E-state index in [1.165, 1.54) is 18.2 Å². The first-order chi connectivity index (χ1) is 19.1. The van der Waals surface area contributed by atoms with Crippen molar-refractivity contribution in [1.82, 2.24) is 9.47 Å². The van der Waals surface area contributed by atoms with Crippen LogP contribution in [0.15, 0.2) is 71.8 Å². The van der Waals surface area contributed by atoms with Crippen LogP contribution < -0.4 is 5.32 Å². The van der Waals surface area contributed by atoms with Gasteiger partial charge in [0.1, 0.15) is 6.54 Å². The number of halogens is 3. The fourth-order valence-electron chi connectivity index (χ4n) is 4.17. The van der Waals surface area contributed by atoms with Crippen LogP contribution in [0, 0.1) is 27.6 Å². The fourth-order valence-corrected chi connectivity index (χ4v) is 5.00. The van der Waals surface area contributed by atoms with Gasteiger partial charge in [-0.15, -0.1) is 0 Å². The number of aromatic nitrogens is 1. The number of hydrogen-bond acceptors (Lipinski definition) is 6. The van der Waals surface area contributed by atoms with E-state index >= 15 is 0 Å². The fraction of sp³-hybridized carbons (Fsp3) is 0.0741. The van der Waals surface area contributed by atoms with Gasteiger partial charge >= 0.3 is 0 Å². The maximum atomic E-state index is 13.9. The summed E-state index contributed by atoms with van der Waals surface area (Å²) in [6.45, 7) is -0.378. The van der Waals surface area contributed by atoms with E-state index < -0.39 is 51.7 Å². The van der Waals surface area contributed by atoms with Gasteiger partial charge in [-0.2, -0.15) is 0 Å². The zero-order chi connectivity index (χ0) is 28.6. The molecule has 1 N–H and O–H groups in total. The Morgan fingerprint density at radius 3 is 2.45 bits per heavy atom. The van der Waals surface area contributed by atoms with E-state index in [9.17, 15) is 37.7 Å². The molecule has 1 aromatic heterocycles. The van der Waals surface area contributed by atoms with Gasteiger partial charge in [-0.3, -0.25) is 29.4 Å². The third kappa shape index (κ3) is 5.18. The first kappa shape index (κ1) is 26.7. The number of nitro groups is 1. The molecular formula is C27H17F3N4O5S. The van der Waals surface area contributed by atoms with Crippen molar-refractivity contribution in [3.63, 3.8) is 0 Å². The summed E-state index contributed by atoms with van der Waals surface area (Å²) in [5.41, 5.74) is 1.59. The first-order valence-corrected chi connectivity index (χ1v) is 12.4. The Bertz CT molecular complexity index is 1740. The Kier molecular flexibility index (Phi) is 7.13. The van der Waals surface area contributed by atoms with Crippen LogP contribution in [0.2, 0.25) is 0 Å². The lowest BCUT2D eigenvalue weighted by Gasteiger charge is -2.13. The van der Waals surface area contributed by atoms with E-state index in [1.54, 1.807) is 18.3 Å². The minimum absolute atomic E-state index is 0.0267. The highest BCUT2D eigenvalue weighted by Gasteiger charge is 2.36. The Labute approximate surface area is 228 Å². The number of anilines is 1. The number of thioether (sulfide) groups is 1. The molecular weight excluding hydrogens is 549 g/mol. The van der Waals surface area contributed by atoms with Crippen LogP contribution in [0.1, 0.15) is 11.1 Å². The molecule has 1 aliphatic heterocycles. The van der Waals surface area contributed by atoms with Crippen LogP contribution >= 0.6 is 11.8 Å². The minimum Gasteiger partial charge on any atom is -0.342 e. The molecule has 0 spiro atoms. The monoisotopic (exact) mass is 566 g/mol. The molecule has 4 aromatic rings. The van der Waals surface area contributed by atoms with Gasteiger partial charge in [0.05, 0.1) is 15.5 Å². The number of non-ortho nitro benzene ring substituents is 1. The Morgan fingerprint density at radius 1 is 1.00 bits per heavy atom. The van der Waals surface area contributed by atoms with Crippen LogP contribution in [0.4, 0.5) is 29.3 Å². The quantitative estimate of drug-likeness (QED) is 0.133. The second-order valence-corrected chi connectivity index (χ2v) is 9.69. The number of carbonyl (C=O) groups is 3. The average Bonchev–Trinajstić information content (AvgIpc) is 3.41. The zero-order valence-corrected chi connectivity index (χ0v) is 21.1. The van der Waals surface area contributed by atoms with Crippen LogP contribution in [0.3, 0.4) is 0 Å². The summed E-state index contributed by atoms with van der Waals surface area (Å²) in [6.07, 6.45) is 3.30. The second-order valence-electron chi connectivity index (χ2n) is 8.69. The highest BCUT2D eigenvalue weighted by atomic mass is 32.2. The molecule has 9 nitrogen and oxygen atoms in total.